The molecular formula is C12H12ClFN2O. The predicted molar refractivity (Wildman–Crippen MR) is 65.9 cm³/mol. The van der Waals surface area contributed by atoms with E-state index in [0.29, 0.717) is 23.6 Å². The van der Waals surface area contributed by atoms with E-state index in [9.17, 15) is 9.18 Å². The van der Waals surface area contributed by atoms with Crippen LogP contribution in [0.1, 0.15) is 25.7 Å². The van der Waals surface area contributed by atoms with Crippen LogP contribution in [0, 0.1) is 5.82 Å². The van der Waals surface area contributed by atoms with Gasteiger partial charge in [0, 0.05) is 11.4 Å². The summed E-state index contributed by atoms with van der Waals surface area (Å²) in [6, 6.07) is 4.26. The molecule has 17 heavy (non-hydrogen) atoms. The first-order valence-corrected chi connectivity index (χ1v) is 5.85. The molecule has 0 spiro atoms. The van der Waals surface area contributed by atoms with E-state index in [-0.39, 0.29) is 11.5 Å². The number of nitrogens with one attached hydrogen (secondary N) is 1. The Balaban J connectivity index is 2.10. The molecule has 1 aromatic carbocycles. The van der Waals surface area contributed by atoms with Crippen molar-refractivity contribution < 1.29 is 9.18 Å². The molecule has 2 rings (SSSR count). The summed E-state index contributed by atoms with van der Waals surface area (Å²) in [5, 5.41) is 4.29. The van der Waals surface area contributed by atoms with Crippen LogP contribution in [0.15, 0.2) is 23.3 Å². The average Bonchev–Trinajstić information content (AvgIpc) is 2.30. The number of benzene rings is 1. The van der Waals surface area contributed by atoms with Gasteiger partial charge < -0.3 is 0 Å². The molecule has 1 aliphatic rings. The molecule has 3 nitrogen and oxygen atoms in total. The van der Waals surface area contributed by atoms with Crippen LogP contribution in [0.25, 0.3) is 0 Å². The standard InChI is InChI=1S/C12H12ClFN2O/c13-8-5-6-10(9(14)7-8)15-16-11-3-1-2-4-12(11)17/h5-7,15H,1-4H2/b16-11+. The molecule has 0 aliphatic heterocycles. The van der Waals surface area contributed by atoms with Crippen LogP contribution in [-0.4, -0.2) is 11.5 Å². The molecule has 0 heterocycles. The Kier molecular flexibility index (Phi) is 3.74. The highest BCUT2D eigenvalue weighted by Gasteiger charge is 2.16. The lowest BCUT2D eigenvalue weighted by molar-refractivity contribution is -0.113. The van der Waals surface area contributed by atoms with Crippen molar-refractivity contribution in [2.45, 2.75) is 25.7 Å². The Labute approximate surface area is 104 Å². The van der Waals surface area contributed by atoms with Crippen LogP contribution in [0.2, 0.25) is 5.02 Å². The van der Waals surface area contributed by atoms with Gasteiger partial charge in [-0.25, -0.2) is 4.39 Å². The van der Waals surface area contributed by atoms with Gasteiger partial charge in [-0.15, -0.1) is 0 Å². The van der Waals surface area contributed by atoms with Crippen LogP contribution in [0.3, 0.4) is 0 Å². The highest BCUT2D eigenvalue weighted by Crippen LogP contribution is 2.19. The van der Waals surface area contributed by atoms with E-state index in [4.69, 9.17) is 11.6 Å². The molecule has 0 saturated heterocycles. The molecule has 5 heteroatoms. The van der Waals surface area contributed by atoms with Crippen molar-refractivity contribution >= 4 is 28.8 Å². The Hall–Kier alpha value is -1.42. The lowest BCUT2D eigenvalue weighted by Gasteiger charge is -2.11. The van der Waals surface area contributed by atoms with Crippen molar-refractivity contribution in [1.29, 1.82) is 0 Å². The lowest BCUT2D eigenvalue weighted by Crippen LogP contribution is -2.19. The summed E-state index contributed by atoms with van der Waals surface area (Å²) in [7, 11) is 0. The predicted octanol–water partition coefficient (Wildman–Crippen LogP) is 3.39. The van der Waals surface area contributed by atoms with E-state index in [1.54, 1.807) is 6.07 Å². The Morgan fingerprint density at radius 1 is 1.29 bits per heavy atom. The van der Waals surface area contributed by atoms with Crippen molar-refractivity contribution in [3.63, 3.8) is 0 Å². The summed E-state index contributed by atoms with van der Waals surface area (Å²) in [6.45, 7) is 0. The zero-order chi connectivity index (χ0) is 12.3. The number of Topliss-reactive ketones (excluding diaryl/α,β-unsaturated/α-hetero) is 1. The largest absolute Gasteiger partial charge is 0.293 e. The van der Waals surface area contributed by atoms with Crippen LogP contribution in [-0.2, 0) is 4.79 Å². The summed E-state index contributed by atoms with van der Waals surface area (Å²) in [6.07, 6.45) is 3.05. The second-order valence-electron chi connectivity index (χ2n) is 3.92. The maximum Gasteiger partial charge on any atom is 0.178 e. The van der Waals surface area contributed by atoms with Crippen LogP contribution in [0.5, 0.6) is 0 Å². The van der Waals surface area contributed by atoms with Crippen LogP contribution >= 0.6 is 11.6 Å². The monoisotopic (exact) mass is 254 g/mol. The summed E-state index contributed by atoms with van der Waals surface area (Å²) >= 11 is 5.63. The number of hydrazone groups is 1. The third-order valence-electron chi connectivity index (χ3n) is 2.63. The van der Waals surface area contributed by atoms with Gasteiger partial charge in [0.2, 0.25) is 0 Å². The highest BCUT2D eigenvalue weighted by atomic mass is 35.5. The first kappa shape index (κ1) is 12.0. The summed E-state index contributed by atoms with van der Waals surface area (Å²) in [5.41, 5.74) is 3.29. The van der Waals surface area contributed by atoms with Crippen molar-refractivity contribution in [3.05, 3.63) is 29.0 Å². The van der Waals surface area contributed by atoms with E-state index < -0.39 is 5.82 Å². The Morgan fingerprint density at radius 3 is 2.76 bits per heavy atom. The quantitative estimate of drug-likeness (QED) is 0.822. The number of nitrogens with zero attached hydrogens (tertiary/aromatic N) is 1. The summed E-state index contributed by atoms with van der Waals surface area (Å²) in [5.74, 6) is -0.441. The van der Waals surface area contributed by atoms with Gasteiger partial charge in [-0.1, -0.05) is 11.6 Å². The SMILES string of the molecule is O=C1CCCC/C1=N\Nc1ccc(Cl)cc1F. The first-order chi connectivity index (χ1) is 8.16. The average molecular weight is 255 g/mol. The molecule has 0 bridgehead atoms. The van der Waals surface area contributed by atoms with E-state index in [2.05, 4.69) is 10.5 Å². The number of hydrogen-bond donors (Lipinski definition) is 1. The van der Waals surface area contributed by atoms with Crippen LogP contribution < -0.4 is 5.43 Å². The van der Waals surface area contributed by atoms with Crippen molar-refractivity contribution in [2.24, 2.45) is 5.10 Å². The van der Waals surface area contributed by atoms with Crippen molar-refractivity contribution in [1.82, 2.24) is 0 Å². The smallest absolute Gasteiger partial charge is 0.178 e. The van der Waals surface area contributed by atoms with Gasteiger partial charge in [0.05, 0.1) is 5.69 Å². The fraction of sp³-hybridized carbons (Fsp3) is 0.333. The second-order valence-corrected chi connectivity index (χ2v) is 4.36. The molecule has 1 fully saturated rings. The van der Waals surface area contributed by atoms with E-state index >= 15 is 0 Å². The fourth-order valence-corrected chi connectivity index (χ4v) is 1.85. The van der Waals surface area contributed by atoms with Gasteiger partial charge >= 0.3 is 0 Å². The van der Waals surface area contributed by atoms with Crippen molar-refractivity contribution in [3.8, 4) is 0 Å². The second kappa shape index (κ2) is 5.27. The first-order valence-electron chi connectivity index (χ1n) is 5.47. The summed E-state index contributed by atoms with van der Waals surface area (Å²) in [4.78, 5) is 11.5. The molecule has 1 N–H and O–H groups in total. The maximum absolute atomic E-state index is 13.4. The number of halogens is 2. The number of ketones is 1. The molecule has 1 saturated carbocycles. The summed E-state index contributed by atoms with van der Waals surface area (Å²) < 4.78 is 13.4. The zero-order valence-corrected chi connectivity index (χ0v) is 9.93. The lowest BCUT2D eigenvalue weighted by atomic mass is 9.97. The fourth-order valence-electron chi connectivity index (χ4n) is 1.69. The number of carbonyl (C=O) groups is 1. The van der Waals surface area contributed by atoms with E-state index in [1.807, 2.05) is 0 Å². The number of rotatable bonds is 2. The number of hydrogen-bond acceptors (Lipinski definition) is 3. The minimum absolute atomic E-state index is 0.0399. The zero-order valence-electron chi connectivity index (χ0n) is 9.17. The minimum Gasteiger partial charge on any atom is -0.293 e. The molecule has 1 aliphatic carbocycles. The third kappa shape index (κ3) is 3.03. The third-order valence-corrected chi connectivity index (χ3v) is 2.87. The van der Waals surface area contributed by atoms with E-state index in [1.165, 1.54) is 12.1 Å². The molecule has 1 aromatic rings. The Bertz CT molecular complexity index is 474. The molecule has 0 radical (unpaired) electrons. The molecule has 0 atom stereocenters. The molecule has 0 amide bonds. The van der Waals surface area contributed by atoms with Gasteiger partial charge in [-0.05, 0) is 37.5 Å². The number of carbonyl (C=O) groups excluding carboxylic acids is 1. The minimum atomic E-state index is -0.481. The van der Waals surface area contributed by atoms with Gasteiger partial charge in [-0.3, -0.25) is 10.2 Å². The van der Waals surface area contributed by atoms with Gasteiger partial charge in [0.25, 0.3) is 0 Å². The molecule has 90 valence electrons. The van der Waals surface area contributed by atoms with Gasteiger partial charge in [0.15, 0.2) is 5.78 Å². The normalized spacial score (nSPS) is 18.5. The van der Waals surface area contributed by atoms with E-state index in [0.717, 1.165) is 12.8 Å². The van der Waals surface area contributed by atoms with Crippen molar-refractivity contribution in [2.75, 3.05) is 5.43 Å². The molecular weight excluding hydrogens is 243 g/mol. The highest BCUT2D eigenvalue weighted by molar-refractivity contribution is 6.40. The maximum atomic E-state index is 13.4. The van der Waals surface area contributed by atoms with Gasteiger partial charge in [0.1, 0.15) is 11.5 Å². The molecule has 0 unspecified atom stereocenters. The number of anilines is 1. The molecule has 0 aromatic heterocycles. The topological polar surface area (TPSA) is 41.5 Å². The Morgan fingerprint density at radius 2 is 2.06 bits per heavy atom. The van der Waals surface area contributed by atoms with Crippen LogP contribution in [0.4, 0.5) is 10.1 Å². The van der Waals surface area contributed by atoms with Gasteiger partial charge in [-0.2, -0.15) is 5.10 Å².